The molecule has 0 spiro atoms. The summed E-state index contributed by atoms with van der Waals surface area (Å²) in [5.74, 6) is 0.889. The maximum absolute atomic E-state index is 12.1. The lowest BCUT2D eigenvalue weighted by atomic mass is 10.1. The average molecular weight is 415 g/mol. The molecule has 2 aromatic heterocycles. The fourth-order valence-electron chi connectivity index (χ4n) is 3.13. The fourth-order valence-corrected chi connectivity index (χ4v) is 3.13. The van der Waals surface area contributed by atoms with Crippen LogP contribution < -0.4 is 5.49 Å². The van der Waals surface area contributed by atoms with Crippen LogP contribution in [0.25, 0.3) is 17.7 Å². The Bertz CT molecular complexity index is 949. The van der Waals surface area contributed by atoms with Crippen molar-refractivity contribution < 1.29 is 18.8 Å². The van der Waals surface area contributed by atoms with Crippen LogP contribution in [0.15, 0.2) is 34.4 Å². The van der Waals surface area contributed by atoms with Crippen molar-refractivity contribution in [2.24, 2.45) is 4.99 Å². The molecule has 2 aromatic rings. The minimum Gasteiger partial charge on any atom is -0.444 e. The normalized spacial score (nSPS) is 16.0. The molecule has 0 radical (unpaired) electrons. The van der Waals surface area contributed by atoms with E-state index in [1.165, 1.54) is 0 Å². The highest BCUT2D eigenvalue weighted by Gasteiger charge is 2.27. The van der Waals surface area contributed by atoms with Gasteiger partial charge in [-0.3, -0.25) is 4.99 Å². The van der Waals surface area contributed by atoms with Gasteiger partial charge < -0.3 is 23.5 Å². The smallest absolute Gasteiger partial charge is 0.410 e. The Kier molecular flexibility index (Phi) is 6.71. The molecule has 0 aromatic carbocycles. The lowest BCUT2D eigenvalue weighted by molar-refractivity contribution is -0.0190. The largest absolute Gasteiger partial charge is 0.444 e. The van der Waals surface area contributed by atoms with Gasteiger partial charge in [0, 0.05) is 32.5 Å². The number of rotatable bonds is 5. The van der Waals surface area contributed by atoms with Crippen LogP contribution in [0.2, 0.25) is 0 Å². The summed E-state index contributed by atoms with van der Waals surface area (Å²) in [5.41, 5.74) is 1.05. The predicted octanol–water partition coefficient (Wildman–Crippen LogP) is 3.09. The molecule has 1 amide bonds. The van der Waals surface area contributed by atoms with Crippen molar-refractivity contribution in [2.45, 2.75) is 51.9 Å². The van der Waals surface area contributed by atoms with Gasteiger partial charge in [-0.15, -0.1) is 0 Å². The van der Waals surface area contributed by atoms with Gasteiger partial charge in [0.2, 0.25) is 0 Å². The summed E-state index contributed by atoms with van der Waals surface area (Å²) in [4.78, 5) is 22.4. The third-order valence-corrected chi connectivity index (χ3v) is 4.64. The molecule has 3 heterocycles. The average Bonchev–Trinajstić information content (AvgIpc) is 3.20. The van der Waals surface area contributed by atoms with E-state index in [0.29, 0.717) is 24.8 Å². The topological polar surface area (TPSA) is 95.0 Å². The quantitative estimate of drug-likeness (QED) is 0.745. The summed E-state index contributed by atoms with van der Waals surface area (Å²) in [6.07, 6.45) is 4.74. The number of piperidine rings is 1. The lowest BCUT2D eigenvalue weighted by Gasteiger charge is -2.33. The molecule has 0 N–H and O–H groups in total. The van der Waals surface area contributed by atoms with Crippen molar-refractivity contribution in [1.29, 1.82) is 0 Å². The van der Waals surface area contributed by atoms with Crippen molar-refractivity contribution in [3.05, 3.63) is 36.2 Å². The number of carbonyl (C=O) groups excluding carboxylic acids is 1. The number of hydrogen-bond donors (Lipinski definition) is 0. The number of carbonyl (C=O) groups is 1. The Morgan fingerprint density at radius 2 is 2.10 bits per heavy atom. The van der Waals surface area contributed by atoms with Gasteiger partial charge in [0.25, 0.3) is 5.89 Å². The summed E-state index contributed by atoms with van der Waals surface area (Å²) in [5, 5.41) is 4.00. The minimum absolute atomic E-state index is 0.0407. The number of pyridine rings is 1. The molecule has 0 aliphatic carbocycles. The van der Waals surface area contributed by atoms with E-state index in [-0.39, 0.29) is 18.8 Å². The molecule has 30 heavy (non-hydrogen) atoms. The van der Waals surface area contributed by atoms with E-state index in [1.807, 2.05) is 39.1 Å². The zero-order valence-corrected chi connectivity index (χ0v) is 18.0. The number of hydrogen-bond acceptors (Lipinski definition) is 7. The first-order chi connectivity index (χ1) is 14.3. The molecule has 1 aliphatic heterocycles. The van der Waals surface area contributed by atoms with Gasteiger partial charge in [-0.1, -0.05) is 11.7 Å². The zero-order valence-electron chi connectivity index (χ0n) is 18.0. The summed E-state index contributed by atoms with van der Waals surface area (Å²) < 4.78 is 18.5. The van der Waals surface area contributed by atoms with Gasteiger partial charge in [0.15, 0.2) is 5.82 Å². The van der Waals surface area contributed by atoms with E-state index in [4.69, 9.17) is 14.0 Å². The monoisotopic (exact) mass is 415 g/mol. The maximum atomic E-state index is 12.1. The Labute approximate surface area is 176 Å². The first kappa shape index (κ1) is 21.8. The van der Waals surface area contributed by atoms with Gasteiger partial charge in [0.1, 0.15) is 17.7 Å². The number of aromatic nitrogens is 3. The first-order valence-corrected chi connectivity index (χ1v) is 9.99. The second-order valence-corrected chi connectivity index (χ2v) is 8.08. The fraction of sp³-hybridized carbons (Fsp3) is 0.524. The van der Waals surface area contributed by atoms with Crippen molar-refractivity contribution in [3.8, 4) is 11.5 Å². The number of nitrogens with zero attached hydrogens (tertiary/aromatic N) is 5. The van der Waals surface area contributed by atoms with Crippen LogP contribution >= 0.6 is 0 Å². The number of ether oxygens (including phenoxy) is 2. The van der Waals surface area contributed by atoms with Gasteiger partial charge >= 0.3 is 6.09 Å². The molecular weight excluding hydrogens is 386 g/mol. The van der Waals surface area contributed by atoms with Crippen LogP contribution in [0.3, 0.4) is 0 Å². The van der Waals surface area contributed by atoms with Gasteiger partial charge in [-0.05, 0) is 45.7 Å². The highest BCUT2D eigenvalue weighted by Crippen LogP contribution is 2.19. The van der Waals surface area contributed by atoms with Crippen LogP contribution in [0.1, 0.15) is 39.4 Å². The Hall–Kier alpha value is -2.94. The molecular formula is C21H29N5O4. The number of likely N-dealkylation sites (tertiary alicyclic amines) is 1. The molecule has 0 atom stereocenters. The summed E-state index contributed by atoms with van der Waals surface area (Å²) in [6, 6.07) is 3.72. The van der Waals surface area contributed by atoms with E-state index >= 15 is 0 Å². The highest BCUT2D eigenvalue weighted by molar-refractivity contribution is 5.68. The van der Waals surface area contributed by atoms with E-state index in [9.17, 15) is 4.79 Å². The van der Waals surface area contributed by atoms with Gasteiger partial charge in [-0.25, -0.2) is 4.79 Å². The van der Waals surface area contributed by atoms with Crippen molar-refractivity contribution in [1.82, 2.24) is 19.6 Å². The second-order valence-electron chi connectivity index (χ2n) is 8.08. The Morgan fingerprint density at radius 1 is 1.37 bits per heavy atom. The Morgan fingerprint density at radius 3 is 2.73 bits per heavy atom. The van der Waals surface area contributed by atoms with E-state index < -0.39 is 5.60 Å². The minimum atomic E-state index is -0.489. The molecule has 9 heteroatoms. The summed E-state index contributed by atoms with van der Waals surface area (Å²) >= 11 is 0. The summed E-state index contributed by atoms with van der Waals surface area (Å²) in [6.45, 7) is 10.8. The SMILES string of the molecule is C=Cn1cc(-c2nc(COC3CCN(C(=O)OC(C)(C)C)CC3)no2)ccc1=NC. The molecule has 1 saturated heterocycles. The zero-order chi connectivity index (χ0) is 21.7. The van der Waals surface area contributed by atoms with E-state index in [2.05, 4.69) is 21.7 Å². The van der Waals surface area contributed by atoms with E-state index in [0.717, 1.165) is 23.9 Å². The van der Waals surface area contributed by atoms with Crippen LogP contribution in [0.4, 0.5) is 4.79 Å². The Balaban J connectivity index is 1.52. The van der Waals surface area contributed by atoms with Crippen LogP contribution in [0.5, 0.6) is 0 Å². The third-order valence-electron chi connectivity index (χ3n) is 4.64. The molecule has 1 aliphatic rings. The third kappa shape index (κ3) is 5.56. The van der Waals surface area contributed by atoms with E-state index in [1.54, 1.807) is 22.7 Å². The molecule has 1 fully saturated rings. The lowest BCUT2D eigenvalue weighted by Crippen LogP contribution is -2.43. The highest BCUT2D eigenvalue weighted by atomic mass is 16.6. The van der Waals surface area contributed by atoms with Gasteiger partial charge in [-0.2, -0.15) is 4.98 Å². The molecule has 0 unspecified atom stereocenters. The number of amides is 1. The molecule has 0 bridgehead atoms. The maximum Gasteiger partial charge on any atom is 0.410 e. The summed E-state index contributed by atoms with van der Waals surface area (Å²) in [7, 11) is 1.72. The molecule has 0 saturated carbocycles. The first-order valence-electron chi connectivity index (χ1n) is 9.99. The standard InChI is InChI=1S/C21H29N5O4/c1-6-25-13-15(7-8-18(25)22-5)19-23-17(24-30-19)14-28-16-9-11-26(12-10-16)20(27)29-21(2,3)4/h6-8,13,16H,1,9-12,14H2,2-5H3. The van der Waals surface area contributed by atoms with Crippen LogP contribution in [-0.2, 0) is 16.1 Å². The second kappa shape index (κ2) is 9.25. The van der Waals surface area contributed by atoms with Crippen molar-refractivity contribution >= 4 is 12.3 Å². The van der Waals surface area contributed by atoms with Crippen molar-refractivity contribution in [3.63, 3.8) is 0 Å². The van der Waals surface area contributed by atoms with Crippen molar-refractivity contribution in [2.75, 3.05) is 20.1 Å². The molecule has 3 rings (SSSR count). The predicted molar refractivity (Wildman–Crippen MR) is 111 cm³/mol. The van der Waals surface area contributed by atoms with Crippen LogP contribution in [-0.4, -0.2) is 57.5 Å². The van der Waals surface area contributed by atoms with Gasteiger partial charge in [0.05, 0.1) is 11.7 Å². The van der Waals surface area contributed by atoms with Crippen LogP contribution in [0, 0.1) is 0 Å². The molecule has 162 valence electrons. The molecule has 9 nitrogen and oxygen atoms in total.